The first-order valence-electron chi connectivity index (χ1n) is 9.80. The van der Waals surface area contributed by atoms with Gasteiger partial charge in [-0.3, -0.25) is 14.6 Å². The SMILES string of the molecule is CC(=O)CC(=O)OCC(C)COCC(C)=Cc1ccc(Cc2cccnc2)cc1. The van der Waals surface area contributed by atoms with Crippen molar-refractivity contribution in [2.45, 2.75) is 33.6 Å². The van der Waals surface area contributed by atoms with Crippen molar-refractivity contribution in [2.24, 2.45) is 5.92 Å². The van der Waals surface area contributed by atoms with Crippen LogP contribution in [0.2, 0.25) is 0 Å². The highest BCUT2D eigenvalue weighted by Crippen LogP contribution is 2.13. The van der Waals surface area contributed by atoms with Crippen LogP contribution in [-0.4, -0.2) is 36.6 Å². The Balaban J connectivity index is 1.72. The van der Waals surface area contributed by atoms with E-state index in [2.05, 4.69) is 41.4 Å². The number of benzene rings is 1. The molecule has 29 heavy (non-hydrogen) atoms. The summed E-state index contributed by atoms with van der Waals surface area (Å²) < 4.78 is 10.8. The molecule has 0 spiro atoms. The maximum Gasteiger partial charge on any atom is 0.313 e. The van der Waals surface area contributed by atoms with Gasteiger partial charge in [-0.25, -0.2) is 0 Å². The van der Waals surface area contributed by atoms with Crippen LogP contribution in [0, 0.1) is 5.92 Å². The largest absolute Gasteiger partial charge is 0.465 e. The molecule has 0 amide bonds. The molecule has 1 unspecified atom stereocenters. The fourth-order valence-electron chi connectivity index (χ4n) is 2.76. The Morgan fingerprint density at radius 2 is 1.83 bits per heavy atom. The Hall–Kier alpha value is -2.79. The average Bonchev–Trinajstić information content (AvgIpc) is 2.68. The molecule has 1 atom stereocenters. The van der Waals surface area contributed by atoms with E-state index >= 15 is 0 Å². The lowest BCUT2D eigenvalue weighted by molar-refractivity contribution is -0.147. The molecule has 0 saturated carbocycles. The lowest BCUT2D eigenvalue weighted by atomic mass is 10.0. The first-order valence-corrected chi connectivity index (χ1v) is 9.80. The number of esters is 1. The molecule has 1 aromatic heterocycles. The molecule has 2 rings (SSSR count). The van der Waals surface area contributed by atoms with Crippen LogP contribution in [0.4, 0.5) is 0 Å². The van der Waals surface area contributed by atoms with Gasteiger partial charge in [-0.2, -0.15) is 0 Å². The van der Waals surface area contributed by atoms with E-state index in [1.54, 1.807) is 6.20 Å². The molecule has 5 nitrogen and oxygen atoms in total. The number of rotatable bonds is 11. The summed E-state index contributed by atoms with van der Waals surface area (Å²) in [6.45, 7) is 6.61. The number of nitrogens with zero attached hydrogens (tertiary/aromatic N) is 1. The molecule has 1 aromatic carbocycles. The average molecular weight is 395 g/mol. The van der Waals surface area contributed by atoms with Gasteiger partial charge in [-0.1, -0.05) is 43.3 Å². The molecular weight excluding hydrogens is 366 g/mol. The van der Waals surface area contributed by atoms with Crippen LogP contribution in [0.5, 0.6) is 0 Å². The van der Waals surface area contributed by atoms with Gasteiger partial charge >= 0.3 is 5.97 Å². The summed E-state index contributed by atoms with van der Waals surface area (Å²) in [5, 5.41) is 0. The van der Waals surface area contributed by atoms with E-state index in [9.17, 15) is 9.59 Å². The van der Waals surface area contributed by atoms with Crippen molar-refractivity contribution in [3.8, 4) is 0 Å². The van der Waals surface area contributed by atoms with E-state index in [1.807, 2.05) is 26.1 Å². The number of carbonyl (C=O) groups is 2. The molecule has 0 bridgehead atoms. The zero-order chi connectivity index (χ0) is 21.1. The first kappa shape index (κ1) is 22.5. The fraction of sp³-hybridized carbons (Fsp3) is 0.375. The Bertz CT molecular complexity index is 813. The zero-order valence-corrected chi connectivity index (χ0v) is 17.4. The molecule has 1 heterocycles. The lowest BCUT2D eigenvalue weighted by Gasteiger charge is -2.12. The maximum absolute atomic E-state index is 11.4. The van der Waals surface area contributed by atoms with Gasteiger partial charge < -0.3 is 9.47 Å². The number of pyridine rings is 1. The van der Waals surface area contributed by atoms with Gasteiger partial charge in [0.15, 0.2) is 0 Å². The van der Waals surface area contributed by atoms with Crippen LogP contribution in [0.15, 0.2) is 54.4 Å². The highest BCUT2D eigenvalue weighted by atomic mass is 16.5. The zero-order valence-electron chi connectivity index (χ0n) is 17.4. The standard InChI is InChI=1S/C24H29NO4/c1-18(15-28-16-19(2)17-29-24(27)12-20(3)26)11-21-6-8-22(9-7-21)13-23-5-4-10-25-14-23/h4-11,14,19H,12-13,15-17H2,1-3H3. The van der Waals surface area contributed by atoms with Gasteiger partial charge in [0.2, 0.25) is 0 Å². The van der Waals surface area contributed by atoms with Crippen molar-refractivity contribution in [1.82, 2.24) is 4.98 Å². The number of ketones is 1. The molecule has 0 saturated heterocycles. The third kappa shape index (κ3) is 9.30. The second kappa shape index (κ2) is 11.9. The van der Waals surface area contributed by atoms with Crippen molar-refractivity contribution in [2.75, 3.05) is 19.8 Å². The van der Waals surface area contributed by atoms with E-state index in [1.165, 1.54) is 18.1 Å². The molecular formula is C24H29NO4. The Labute approximate surface area is 172 Å². The molecule has 0 aliphatic carbocycles. The summed E-state index contributed by atoms with van der Waals surface area (Å²) in [6.07, 6.45) is 6.47. The molecule has 2 aromatic rings. The quantitative estimate of drug-likeness (QED) is 0.420. The Morgan fingerprint density at radius 3 is 2.48 bits per heavy atom. The van der Waals surface area contributed by atoms with Crippen LogP contribution in [-0.2, 0) is 25.5 Å². The van der Waals surface area contributed by atoms with E-state index in [0.29, 0.717) is 13.2 Å². The van der Waals surface area contributed by atoms with Crippen LogP contribution in [0.1, 0.15) is 43.9 Å². The van der Waals surface area contributed by atoms with E-state index in [4.69, 9.17) is 9.47 Å². The predicted octanol–water partition coefficient (Wildman–Crippen LogP) is 4.25. The van der Waals surface area contributed by atoms with Crippen molar-refractivity contribution >= 4 is 17.8 Å². The number of aromatic nitrogens is 1. The van der Waals surface area contributed by atoms with E-state index < -0.39 is 5.97 Å². The smallest absolute Gasteiger partial charge is 0.313 e. The van der Waals surface area contributed by atoms with Gasteiger partial charge in [0.1, 0.15) is 12.2 Å². The van der Waals surface area contributed by atoms with Gasteiger partial charge in [0.05, 0.1) is 19.8 Å². The lowest BCUT2D eigenvalue weighted by Crippen LogP contribution is -2.18. The molecule has 0 radical (unpaired) electrons. The van der Waals surface area contributed by atoms with Crippen LogP contribution >= 0.6 is 0 Å². The highest BCUT2D eigenvalue weighted by molar-refractivity contribution is 5.94. The summed E-state index contributed by atoms with van der Waals surface area (Å²) in [4.78, 5) is 26.4. The summed E-state index contributed by atoms with van der Waals surface area (Å²) in [7, 11) is 0. The van der Waals surface area contributed by atoms with Crippen molar-refractivity contribution < 1.29 is 19.1 Å². The minimum absolute atomic E-state index is 0.0745. The second-order valence-electron chi connectivity index (χ2n) is 7.45. The Morgan fingerprint density at radius 1 is 1.07 bits per heavy atom. The van der Waals surface area contributed by atoms with Crippen molar-refractivity contribution in [1.29, 1.82) is 0 Å². The first-order chi connectivity index (χ1) is 13.9. The van der Waals surface area contributed by atoms with Gasteiger partial charge in [0, 0.05) is 18.3 Å². The monoisotopic (exact) mass is 395 g/mol. The second-order valence-corrected chi connectivity index (χ2v) is 7.45. The molecule has 0 aliphatic heterocycles. The number of carbonyl (C=O) groups excluding carboxylic acids is 2. The molecule has 154 valence electrons. The summed E-state index contributed by atoms with van der Waals surface area (Å²) in [5.41, 5.74) is 4.69. The topological polar surface area (TPSA) is 65.5 Å². The minimum atomic E-state index is -0.479. The molecule has 0 fully saturated rings. The van der Waals surface area contributed by atoms with Crippen molar-refractivity contribution in [3.63, 3.8) is 0 Å². The van der Waals surface area contributed by atoms with Gasteiger partial charge in [-0.05, 0) is 48.6 Å². The molecule has 0 aliphatic rings. The number of ether oxygens (including phenoxy) is 2. The predicted molar refractivity (Wildman–Crippen MR) is 113 cm³/mol. The van der Waals surface area contributed by atoms with Gasteiger partial charge in [-0.15, -0.1) is 0 Å². The number of hydrogen-bond acceptors (Lipinski definition) is 5. The Kier molecular flexibility index (Phi) is 9.25. The molecule has 5 heteroatoms. The number of Topliss-reactive ketones (excluding diaryl/α,β-unsaturated/α-hetero) is 1. The van der Waals surface area contributed by atoms with Crippen LogP contribution in [0.3, 0.4) is 0 Å². The van der Waals surface area contributed by atoms with Gasteiger partial charge in [0.25, 0.3) is 0 Å². The van der Waals surface area contributed by atoms with E-state index in [0.717, 1.165) is 17.6 Å². The third-order valence-corrected chi connectivity index (χ3v) is 4.18. The van der Waals surface area contributed by atoms with Crippen molar-refractivity contribution in [3.05, 3.63) is 71.1 Å². The third-order valence-electron chi connectivity index (χ3n) is 4.18. The maximum atomic E-state index is 11.4. The number of hydrogen-bond donors (Lipinski definition) is 0. The van der Waals surface area contributed by atoms with E-state index in [-0.39, 0.29) is 24.7 Å². The fourth-order valence-corrected chi connectivity index (χ4v) is 2.76. The summed E-state index contributed by atoms with van der Waals surface area (Å²) in [5.74, 6) is -0.595. The van der Waals surface area contributed by atoms with Crippen LogP contribution < -0.4 is 0 Å². The summed E-state index contributed by atoms with van der Waals surface area (Å²) in [6, 6.07) is 12.5. The van der Waals surface area contributed by atoms with Crippen LogP contribution in [0.25, 0.3) is 6.08 Å². The summed E-state index contributed by atoms with van der Waals surface area (Å²) >= 11 is 0. The highest BCUT2D eigenvalue weighted by Gasteiger charge is 2.09. The minimum Gasteiger partial charge on any atom is -0.465 e. The molecule has 0 N–H and O–H groups in total. The normalized spacial score (nSPS) is 12.4.